The molecule has 24 heavy (non-hydrogen) atoms. The smallest absolute Gasteiger partial charge is 0.271 e. The van der Waals surface area contributed by atoms with Crippen molar-refractivity contribution in [2.45, 2.75) is 38.8 Å². The molecule has 1 aromatic heterocycles. The van der Waals surface area contributed by atoms with Crippen molar-refractivity contribution in [1.29, 1.82) is 0 Å². The van der Waals surface area contributed by atoms with Crippen LogP contribution in [0.3, 0.4) is 0 Å². The van der Waals surface area contributed by atoms with Crippen molar-refractivity contribution in [3.63, 3.8) is 0 Å². The van der Waals surface area contributed by atoms with Crippen LogP contribution in [0.15, 0.2) is 47.3 Å². The van der Waals surface area contributed by atoms with Gasteiger partial charge in [0.25, 0.3) is 11.5 Å². The number of aryl methyl sites for hydroxylation is 1. The third-order valence-electron chi connectivity index (χ3n) is 3.81. The Labute approximate surface area is 141 Å². The molecule has 0 aliphatic heterocycles. The van der Waals surface area contributed by atoms with Crippen LogP contribution in [-0.2, 0) is 12.1 Å². The Morgan fingerprint density at radius 1 is 1.25 bits per heavy atom. The fourth-order valence-corrected chi connectivity index (χ4v) is 2.28. The molecule has 128 valence electrons. The summed E-state index contributed by atoms with van der Waals surface area (Å²) in [6.45, 7) is 4.19. The highest BCUT2D eigenvalue weighted by atomic mass is 16.3. The number of hydrogen-bond acceptors (Lipinski definition) is 4. The summed E-state index contributed by atoms with van der Waals surface area (Å²) in [5.74, 6) is -0.420. The molecular weight excluding hydrogens is 306 g/mol. The summed E-state index contributed by atoms with van der Waals surface area (Å²) in [6, 6.07) is 11.9. The number of aliphatic hydroxyl groups is 1. The van der Waals surface area contributed by atoms with Crippen molar-refractivity contribution in [2.75, 3.05) is 6.54 Å². The highest BCUT2D eigenvalue weighted by molar-refractivity contribution is 5.92. The van der Waals surface area contributed by atoms with Crippen LogP contribution in [0.4, 0.5) is 0 Å². The first kappa shape index (κ1) is 17.9. The lowest BCUT2D eigenvalue weighted by Crippen LogP contribution is -2.39. The van der Waals surface area contributed by atoms with E-state index in [0.29, 0.717) is 12.1 Å². The summed E-state index contributed by atoms with van der Waals surface area (Å²) >= 11 is 0. The number of nitrogens with zero attached hydrogens (tertiary/aromatic N) is 2. The van der Waals surface area contributed by atoms with E-state index in [2.05, 4.69) is 10.4 Å². The van der Waals surface area contributed by atoms with E-state index in [9.17, 15) is 14.7 Å². The van der Waals surface area contributed by atoms with E-state index in [-0.39, 0.29) is 17.8 Å². The van der Waals surface area contributed by atoms with Gasteiger partial charge in [0.1, 0.15) is 11.3 Å². The van der Waals surface area contributed by atoms with Crippen molar-refractivity contribution in [3.05, 3.63) is 64.1 Å². The number of hydrogen-bond donors (Lipinski definition) is 2. The molecular formula is C18H23N3O3. The van der Waals surface area contributed by atoms with E-state index in [1.165, 1.54) is 16.8 Å². The first-order chi connectivity index (χ1) is 11.4. The molecule has 6 nitrogen and oxygen atoms in total. The lowest BCUT2D eigenvalue weighted by molar-refractivity contribution is 0.0524. The molecule has 0 saturated heterocycles. The summed E-state index contributed by atoms with van der Waals surface area (Å²) in [4.78, 5) is 24.0. The van der Waals surface area contributed by atoms with Gasteiger partial charge in [0.05, 0.1) is 6.54 Å². The maximum Gasteiger partial charge on any atom is 0.271 e. The quantitative estimate of drug-likeness (QED) is 0.809. The van der Waals surface area contributed by atoms with E-state index >= 15 is 0 Å². The van der Waals surface area contributed by atoms with Crippen LogP contribution in [0, 0.1) is 0 Å². The molecule has 1 heterocycles. The Morgan fingerprint density at radius 2 is 1.96 bits per heavy atom. The van der Waals surface area contributed by atoms with E-state index < -0.39 is 11.5 Å². The number of nitrogens with one attached hydrogen (secondary N) is 1. The van der Waals surface area contributed by atoms with Crippen LogP contribution in [0.25, 0.3) is 0 Å². The van der Waals surface area contributed by atoms with Crippen molar-refractivity contribution >= 4 is 5.91 Å². The standard InChI is InChI=1S/C18H23N3O3/c1-3-4-12-21-16(22)11-10-15(20-21)17(23)19-13-18(2,24)14-8-6-5-7-9-14/h5-11,24H,3-4,12-13H2,1-2H3,(H,19,23). The molecule has 0 spiro atoms. The highest BCUT2D eigenvalue weighted by Crippen LogP contribution is 2.18. The Kier molecular flexibility index (Phi) is 5.87. The molecule has 0 aliphatic rings. The average molecular weight is 329 g/mol. The molecule has 2 N–H and O–H groups in total. The molecule has 2 rings (SSSR count). The maximum atomic E-state index is 12.3. The number of aromatic nitrogens is 2. The molecule has 0 radical (unpaired) electrons. The number of carbonyl (C=O) groups excluding carboxylic acids is 1. The van der Waals surface area contributed by atoms with Crippen LogP contribution < -0.4 is 10.9 Å². The van der Waals surface area contributed by atoms with Crippen molar-refractivity contribution in [1.82, 2.24) is 15.1 Å². The average Bonchev–Trinajstić information content (AvgIpc) is 2.60. The molecule has 0 saturated carbocycles. The molecule has 1 amide bonds. The summed E-state index contributed by atoms with van der Waals surface area (Å²) in [5, 5.41) is 17.3. The van der Waals surface area contributed by atoms with E-state index in [4.69, 9.17) is 0 Å². The summed E-state index contributed by atoms with van der Waals surface area (Å²) in [7, 11) is 0. The van der Waals surface area contributed by atoms with Gasteiger partial charge in [0, 0.05) is 12.6 Å². The molecule has 2 aromatic rings. The molecule has 1 aromatic carbocycles. The molecule has 0 fully saturated rings. The SMILES string of the molecule is CCCCn1nc(C(=O)NCC(C)(O)c2ccccc2)ccc1=O. The summed E-state index contributed by atoms with van der Waals surface area (Å²) < 4.78 is 1.30. The fraction of sp³-hybridized carbons (Fsp3) is 0.389. The van der Waals surface area contributed by atoms with Crippen LogP contribution in [-0.4, -0.2) is 27.3 Å². The van der Waals surface area contributed by atoms with Gasteiger partial charge >= 0.3 is 0 Å². The van der Waals surface area contributed by atoms with Gasteiger partial charge in [-0.3, -0.25) is 9.59 Å². The van der Waals surface area contributed by atoms with Crippen molar-refractivity contribution in [2.24, 2.45) is 0 Å². The first-order valence-corrected chi connectivity index (χ1v) is 8.08. The monoisotopic (exact) mass is 329 g/mol. The largest absolute Gasteiger partial charge is 0.384 e. The van der Waals surface area contributed by atoms with Gasteiger partial charge in [-0.1, -0.05) is 43.7 Å². The van der Waals surface area contributed by atoms with E-state index in [1.807, 2.05) is 25.1 Å². The predicted octanol–water partition coefficient (Wildman–Crippen LogP) is 1.68. The predicted molar refractivity (Wildman–Crippen MR) is 91.8 cm³/mol. The molecule has 0 bridgehead atoms. The lowest BCUT2D eigenvalue weighted by atomic mass is 9.96. The lowest BCUT2D eigenvalue weighted by Gasteiger charge is -2.24. The number of rotatable bonds is 7. The Hall–Kier alpha value is -2.47. The normalized spacial score (nSPS) is 13.3. The zero-order valence-electron chi connectivity index (χ0n) is 14.0. The van der Waals surface area contributed by atoms with Crippen LogP contribution in [0.1, 0.15) is 42.7 Å². The second-order valence-electron chi connectivity index (χ2n) is 5.96. The molecule has 6 heteroatoms. The zero-order chi connectivity index (χ0) is 17.6. The number of carbonyl (C=O) groups is 1. The summed E-state index contributed by atoms with van der Waals surface area (Å²) in [6.07, 6.45) is 1.76. The third kappa shape index (κ3) is 4.52. The Morgan fingerprint density at radius 3 is 2.62 bits per heavy atom. The Balaban J connectivity index is 2.06. The third-order valence-corrected chi connectivity index (χ3v) is 3.81. The fourth-order valence-electron chi connectivity index (χ4n) is 2.28. The minimum absolute atomic E-state index is 0.0472. The van der Waals surface area contributed by atoms with E-state index in [1.54, 1.807) is 19.1 Å². The van der Waals surface area contributed by atoms with Gasteiger partial charge in [0.2, 0.25) is 0 Å². The molecule has 1 unspecified atom stereocenters. The van der Waals surface area contributed by atoms with Crippen molar-refractivity contribution in [3.8, 4) is 0 Å². The highest BCUT2D eigenvalue weighted by Gasteiger charge is 2.24. The number of benzene rings is 1. The topological polar surface area (TPSA) is 84.2 Å². The zero-order valence-corrected chi connectivity index (χ0v) is 14.0. The van der Waals surface area contributed by atoms with Crippen LogP contribution in [0.5, 0.6) is 0 Å². The summed E-state index contributed by atoms with van der Waals surface area (Å²) in [5.41, 5.74) is -0.537. The first-order valence-electron chi connectivity index (χ1n) is 8.08. The van der Waals surface area contributed by atoms with Gasteiger partial charge in [-0.2, -0.15) is 5.10 Å². The number of amides is 1. The van der Waals surface area contributed by atoms with Gasteiger partial charge in [-0.15, -0.1) is 0 Å². The maximum absolute atomic E-state index is 12.3. The Bertz CT molecular complexity index is 739. The number of unbranched alkanes of at least 4 members (excludes halogenated alkanes) is 1. The van der Waals surface area contributed by atoms with Crippen molar-refractivity contribution < 1.29 is 9.90 Å². The van der Waals surface area contributed by atoms with Gasteiger partial charge in [-0.05, 0) is 25.0 Å². The molecule has 0 aliphatic carbocycles. The second-order valence-corrected chi connectivity index (χ2v) is 5.96. The van der Waals surface area contributed by atoms with Crippen LogP contribution >= 0.6 is 0 Å². The minimum Gasteiger partial charge on any atom is -0.384 e. The van der Waals surface area contributed by atoms with Gasteiger partial charge < -0.3 is 10.4 Å². The van der Waals surface area contributed by atoms with Gasteiger partial charge in [-0.25, -0.2) is 4.68 Å². The molecule has 1 atom stereocenters. The minimum atomic E-state index is -1.19. The second kappa shape index (κ2) is 7.88. The van der Waals surface area contributed by atoms with E-state index in [0.717, 1.165) is 12.8 Å². The van der Waals surface area contributed by atoms with Gasteiger partial charge in [0.15, 0.2) is 0 Å². The van der Waals surface area contributed by atoms with Crippen LogP contribution in [0.2, 0.25) is 0 Å².